The van der Waals surface area contributed by atoms with E-state index in [2.05, 4.69) is 19.9 Å². The predicted molar refractivity (Wildman–Crippen MR) is 119 cm³/mol. The first kappa shape index (κ1) is 22.1. The highest BCUT2D eigenvalue weighted by Gasteiger charge is 2.68. The van der Waals surface area contributed by atoms with Crippen molar-refractivity contribution in [3.05, 3.63) is 11.0 Å². The summed E-state index contributed by atoms with van der Waals surface area (Å²) in [6, 6.07) is -0.435. The van der Waals surface area contributed by atoms with Crippen LogP contribution in [-0.2, 0) is 0 Å². The fourth-order valence-corrected chi connectivity index (χ4v) is 6.94. The highest BCUT2D eigenvalue weighted by molar-refractivity contribution is 6.30. The summed E-state index contributed by atoms with van der Waals surface area (Å²) < 4.78 is 69.5. The van der Waals surface area contributed by atoms with Crippen LogP contribution >= 0.6 is 11.6 Å². The molecule has 0 radical (unpaired) electrons. The molecule has 188 valence electrons. The van der Waals surface area contributed by atoms with E-state index in [9.17, 15) is 13.2 Å². The molecule has 5 atom stereocenters. The zero-order valence-corrected chi connectivity index (χ0v) is 19.6. The maximum Gasteiger partial charge on any atom is 0.319 e. The van der Waals surface area contributed by atoms with Crippen LogP contribution in [0.25, 0.3) is 10.9 Å². The number of ether oxygens (including phenoxy) is 2. The second-order valence-electron chi connectivity index (χ2n) is 10.5. The molecule has 0 bridgehead atoms. The van der Waals surface area contributed by atoms with Gasteiger partial charge in [-0.15, -0.1) is 0 Å². The number of nitrogens with zero attached hydrogens (tertiary/aromatic N) is 5. The van der Waals surface area contributed by atoms with Gasteiger partial charge in [-0.25, -0.2) is 17.6 Å². The van der Waals surface area contributed by atoms with Crippen molar-refractivity contribution in [3.8, 4) is 11.9 Å². The van der Waals surface area contributed by atoms with Crippen LogP contribution < -0.4 is 14.4 Å². The Labute approximate surface area is 203 Å². The largest absolute Gasteiger partial charge is 0.475 e. The Morgan fingerprint density at radius 1 is 1.17 bits per heavy atom. The number of rotatable bonds is 3. The average molecular weight is 514 g/mol. The molecule has 6 heterocycles. The molecule has 7 nitrogen and oxygen atoms in total. The van der Waals surface area contributed by atoms with Crippen LogP contribution in [0.15, 0.2) is 0 Å². The first-order valence-corrected chi connectivity index (χ1v) is 12.5. The number of alkyl halides is 3. The maximum atomic E-state index is 15.1. The van der Waals surface area contributed by atoms with Crippen molar-refractivity contribution in [2.45, 2.75) is 55.8 Å². The molecule has 1 saturated carbocycles. The maximum absolute atomic E-state index is 15.1. The van der Waals surface area contributed by atoms with Gasteiger partial charge in [-0.1, -0.05) is 11.6 Å². The van der Waals surface area contributed by atoms with Crippen LogP contribution in [0.2, 0.25) is 5.15 Å². The average Bonchev–Trinajstić information content (AvgIpc) is 3.06. The molecule has 0 amide bonds. The lowest BCUT2D eigenvalue weighted by atomic mass is 9.95. The van der Waals surface area contributed by atoms with E-state index in [1.807, 2.05) is 4.90 Å². The van der Waals surface area contributed by atoms with E-state index in [4.69, 9.17) is 21.1 Å². The minimum Gasteiger partial charge on any atom is -0.475 e. The molecular formula is C23H24ClF4N5O2. The molecule has 0 N–H and O–H groups in total. The zero-order chi connectivity index (χ0) is 24.1. The SMILES string of the molecule is Fc1c(Cl)nc2c3c(nc(OC[C@@]45CCCN4C[C@H](F)C5)nc13)N1CCC3C(C[C@H]1CO2)C3(F)F. The van der Waals surface area contributed by atoms with Gasteiger partial charge in [0.25, 0.3) is 5.92 Å². The molecule has 4 aliphatic heterocycles. The van der Waals surface area contributed by atoms with Crippen LogP contribution in [0.4, 0.5) is 23.4 Å². The summed E-state index contributed by atoms with van der Waals surface area (Å²) in [6.07, 6.45) is 1.76. The first-order chi connectivity index (χ1) is 16.8. The fraction of sp³-hybridized carbons (Fsp3) is 0.696. The van der Waals surface area contributed by atoms with Crippen molar-refractivity contribution < 1.29 is 27.0 Å². The lowest BCUT2D eigenvalue weighted by Crippen LogP contribution is -2.43. The molecule has 1 aliphatic carbocycles. The lowest BCUT2D eigenvalue weighted by molar-refractivity contribution is 0.0765. The molecule has 2 aromatic heterocycles. The van der Waals surface area contributed by atoms with Crippen LogP contribution in [-0.4, -0.2) is 76.4 Å². The van der Waals surface area contributed by atoms with Gasteiger partial charge in [0.2, 0.25) is 5.88 Å². The Morgan fingerprint density at radius 3 is 2.89 bits per heavy atom. The summed E-state index contributed by atoms with van der Waals surface area (Å²) in [7, 11) is 0. The number of anilines is 1. The number of fused-ring (bicyclic) bond motifs is 4. The number of hydrogen-bond acceptors (Lipinski definition) is 7. The minimum atomic E-state index is -2.66. The molecule has 2 unspecified atom stereocenters. The molecule has 4 fully saturated rings. The van der Waals surface area contributed by atoms with Gasteiger partial charge >= 0.3 is 6.01 Å². The lowest BCUT2D eigenvalue weighted by Gasteiger charge is -2.32. The van der Waals surface area contributed by atoms with Crippen LogP contribution in [0, 0.1) is 17.7 Å². The van der Waals surface area contributed by atoms with Crippen LogP contribution in [0.5, 0.6) is 11.9 Å². The first-order valence-electron chi connectivity index (χ1n) is 12.1. The van der Waals surface area contributed by atoms with Gasteiger partial charge in [0, 0.05) is 31.3 Å². The van der Waals surface area contributed by atoms with Crippen LogP contribution in [0.3, 0.4) is 0 Å². The standard InChI is InChI=1S/C23H24ClF4N5O2/c24-18-16(26)17-15-19(31-21(29-17)35-10-22-3-1-4-32(22)8-11(25)7-22)33-5-2-13-14(23(13,27)28)6-12(33)9-34-20(15)30-18/h11-14H,1-10H2/t11-,12+,13?,14?,22+/m1/s1. The topological polar surface area (TPSA) is 63.6 Å². The van der Waals surface area contributed by atoms with Gasteiger partial charge in [-0.3, -0.25) is 4.90 Å². The number of pyridine rings is 1. The second kappa shape index (κ2) is 7.44. The molecule has 0 aromatic carbocycles. The van der Waals surface area contributed by atoms with Gasteiger partial charge in [-0.2, -0.15) is 15.0 Å². The summed E-state index contributed by atoms with van der Waals surface area (Å²) in [5.41, 5.74) is -0.511. The van der Waals surface area contributed by atoms with Crippen molar-refractivity contribution in [1.29, 1.82) is 0 Å². The van der Waals surface area contributed by atoms with Crippen molar-refractivity contribution >= 4 is 28.3 Å². The van der Waals surface area contributed by atoms with Crippen LogP contribution in [0.1, 0.15) is 32.1 Å². The summed E-state index contributed by atoms with van der Waals surface area (Å²) >= 11 is 6.04. The van der Waals surface area contributed by atoms with E-state index in [1.54, 1.807) is 0 Å². The van der Waals surface area contributed by atoms with Gasteiger partial charge < -0.3 is 14.4 Å². The summed E-state index contributed by atoms with van der Waals surface area (Å²) in [5, 5.41) is -0.139. The molecular weight excluding hydrogens is 490 g/mol. The molecule has 7 rings (SSSR count). The molecule has 2 aromatic rings. The summed E-state index contributed by atoms with van der Waals surface area (Å²) in [6.45, 7) is 1.80. The summed E-state index contributed by atoms with van der Waals surface area (Å²) in [5.74, 6) is -4.41. The molecule has 3 saturated heterocycles. The Bertz CT molecular complexity index is 1220. The van der Waals surface area contributed by atoms with E-state index in [0.29, 0.717) is 31.7 Å². The van der Waals surface area contributed by atoms with Crippen molar-refractivity contribution in [3.63, 3.8) is 0 Å². The molecule has 5 aliphatic rings. The van der Waals surface area contributed by atoms with Crippen molar-refractivity contribution in [1.82, 2.24) is 19.9 Å². The van der Waals surface area contributed by atoms with Crippen molar-refractivity contribution in [2.75, 3.05) is 37.7 Å². The van der Waals surface area contributed by atoms with E-state index >= 15 is 4.39 Å². The third kappa shape index (κ3) is 3.22. The Balaban J connectivity index is 1.28. The normalized spacial score (nSPS) is 35.1. The number of aromatic nitrogens is 3. The third-order valence-corrected chi connectivity index (χ3v) is 8.85. The zero-order valence-electron chi connectivity index (χ0n) is 18.8. The minimum absolute atomic E-state index is 0.0523. The number of halogens is 5. The van der Waals surface area contributed by atoms with E-state index in [0.717, 1.165) is 19.4 Å². The number of hydrogen-bond donors (Lipinski definition) is 0. The van der Waals surface area contributed by atoms with E-state index in [1.165, 1.54) is 0 Å². The predicted octanol–water partition coefficient (Wildman–Crippen LogP) is 4.02. The van der Waals surface area contributed by atoms with Gasteiger partial charge in [0.15, 0.2) is 11.0 Å². The van der Waals surface area contributed by atoms with Gasteiger partial charge in [0.1, 0.15) is 36.1 Å². The Morgan fingerprint density at radius 2 is 2.03 bits per heavy atom. The fourth-order valence-electron chi connectivity index (χ4n) is 6.77. The Kier molecular flexibility index (Phi) is 4.70. The second-order valence-corrected chi connectivity index (χ2v) is 10.9. The smallest absolute Gasteiger partial charge is 0.319 e. The third-order valence-electron chi connectivity index (χ3n) is 8.60. The molecule has 0 spiro atoms. The van der Waals surface area contributed by atoms with E-state index < -0.39 is 40.4 Å². The Hall–Kier alpha value is -2.14. The molecule has 35 heavy (non-hydrogen) atoms. The molecule has 12 heteroatoms. The van der Waals surface area contributed by atoms with Crippen molar-refractivity contribution in [2.24, 2.45) is 11.8 Å². The monoisotopic (exact) mass is 513 g/mol. The highest BCUT2D eigenvalue weighted by Crippen LogP contribution is 2.61. The van der Waals surface area contributed by atoms with E-state index in [-0.39, 0.29) is 48.5 Å². The van der Waals surface area contributed by atoms with Gasteiger partial charge in [-0.05, 0) is 32.2 Å². The summed E-state index contributed by atoms with van der Waals surface area (Å²) in [4.78, 5) is 17.0. The highest BCUT2D eigenvalue weighted by atomic mass is 35.5. The quantitative estimate of drug-likeness (QED) is 0.454. The van der Waals surface area contributed by atoms with Gasteiger partial charge in [0.05, 0.1) is 11.6 Å².